The van der Waals surface area contributed by atoms with Crippen molar-refractivity contribution in [3.05, 3.63) is 52.6 Å². The van der Waals surface area contributed by atoms with Gasteiger partial charge in [0.2, 0.25) is 0 Å². The summed E-state index contributed by atoms with van der Waals surface area (Å²) in [5.74, 6) is 6.74. The highest BCUT2D eigenvalue weighted by molar-refractivity contribution is 6.31. The Balaban J connectivity index is 2.19. The number of benzene rings is 1. The number of hydrogen-bond donors (Lipinski definition) is 2. The quantitative estimate of drug-likeness (QED) is 0.636. The number of nitrogens with zero attached hydrogens (tertiary/aromatic N) is 2. The van der Waals surface area contributed by atoms with Gasteiger partial charge in [-0.25, -0.2) is 4.98 Å². The van der Waals surface area contributed by atoms with E-state index in [0.717, 1.165) is 41.4 Å². The lowest BCUT2D eigenvalue weighted by Crippen LogP contribution is -2.30. The Morgan fingerprint density at radius 1 is 1.45 bits per heavy atom. The Labute approximate surface area is 124 Å². The fourth-order valence-corrected chi connectivity index (χ4v) is 2.44. The number of aryl methyl sites for hydroxylation is 2. The molecule has 0 saturated heterocycles. The summed E-state index contributed by atoms with van der Waals surface area (Å²) < 4.78 is 2.17. The molecule has 108 valence electrons. The first-order valence-corrected chi connectivity index (χ1v) is 7.25. The first kappa shape index (κ1) is 15.0. The predicted octanol–water partition coefficient (Wildman–Crippen LogP) is 3.00. The lowest BCUT2D eigenvalue weighted by molar-refractivity contribution is 0.517. The highest BCUT2D eigenvalue weighted by atomic mass is 35.5. The summed E-state index contributed by atoms with van der Waals surface area (Å²) in [7, 11) is 0. The molecular formula is C15H21ClN4. The highest BCUT2D eigenvalue weighted by Gasteiger charge is 2.14. The van der Waals surface area contributed by atoms with Gasteiger partial charge in [-0.1, -0.05) is 30.7 Å². The van der Waals surface area contributed by atoms with Crippen LogP contribution in [0.5, 0.6) is 0 Å². The van der Waals surface area contributed by atoms with Crippen LogP contribution in [-0.4, -0.2) is 9.55 Å². The number of nitrogens with two attached hydrogens (primary N) is 1. The number of nitrogens with one attached hydrogen (secondary N) is 1. The van der Waals surface area contributed by atoms with Gasteiger partial charge in [0.05, 0.1) is 6.04 Å². The zero-order valence-corrected chi connectivity index (χ0v) is 12.7. The number of aromatic nitrogens is 2. The SMILES string of the molecule is CCCn1ccnc1CC(NN)c1ccc(C)c(Cl)c1. The summed E-state index contributed by atoms with van der Waals surface area (Å²) in [5.41, 5.74) is 5.01. The molecule has 0 aliphatic carbocycles. The Kier molecular flexibility index (Phi) is 5.17. The lowest BCUT2D eigenvalue weighted by atomic mass is 10.0. The van der Waals surface area contributed by atoms with E-state index in [9.17, 15) is 0 Å². The fourth-order valence-electron chi connectivity index (χ4n) is 2.26. The summed E-state index contributed by atoms with van der Waals surface area (Å²) in [6.45, 7) is 5.12. The van der Waals surface area contributed by atoms with Crippen LogP contribution in [0, 0.1) is 6.92 Å². The number of rotatable bonds is 6. The van der Waals surface area contributed by atoms with Crippen molar-refractivity contribution in [1.29, 1.82) is 0 Å². The first-order chi connectivity index (χ1) is 9.65. The van der Waals surface area contributed by atoms with E-state index in [1.807, 2.05) is 31.5 Å². The summed E-state index contributed by atoms with van der Waals surface area (Å²) in [6.07, 6.45) is 5.67. The van der Waals surface area contributed by atoms with Crippen LogP contribution in [0.15, 0.2) is 30.6 Å². The second-order valence-electron chi connectivity index (χ2n) is 4.97. The zero-order valence-electron chi connectivity index (χ0n) is 11.9. The Morgan fingerprint density at radius 2 is 2.25 bits per heavy atom. The van der Waals surface area contributed by atoms with Crippen molar-refractivity contribution in [2.45, 2.75) is 39.3 Å². The molecule has 0 fully saturated rings. The monoisotopic (exact) mass is 292 g/mol. The minimum atomic E-state index is 0.00565. The van der Waals surface area contributed by atoms with E-state index in [2.05, 4.69) is 28.0 Å². The predicted molar refractivity (Wildman–Crippen MR) is 82.5 cm³/mol. The summed E-state index contributed by atoms with van der Waals surface area (Å²) in [4.78, 5) is 4.42. The number of hydrazine groups is 1. The van der Waals surface area contributed by atoms with Gasteiger partial charge in [-0.3, -0.25) is 11.3 Å². The second-order valence-corrected chi connectivity index (χ2v) is 5.38. The minimum Gasteiger partial charge on any atom is -0.335 e. The molecular weight excluding hydrogens is 272 g/mol. The van der Waals surface area contributed by atoms with Gasteiger partial charge in [0, 0.05) is 30.4 Å². The van der Waals surface area contributed by atoms with E-state index in [1.165, 1.54) is 0 Å². The van der Waals surface area contributed by atoms with Gasteiger partial charge in [-0.15, -0.1) is 0 Å². The zero-order chi connectivity index (χ0) is 14.5. The van der Waals surface area contributed by atoms with Crippen molar-refractivity contribution in [1.82, 2.24) is 15.0 Å². The molecule has 0 aliphatic heterocycles. The van der Waals surface area contributed by atoms with Gasteiger partial charge >= 0.3 is 0 Å². The standard InChI is InChI=1S/C15H21ClN4/c1-3-7-20-8-6-18-15(20)10-14(19-17)12-5-4-11(2)13(16)9-12/h4-6,8-9,14,19H,3,7,10,17H2,1-2H3. The molecule has 4 nitrogen and oxygen atoms in total. The maximum absolute atomic E-state index is 6.19. The Morgan fingerprint density at radius 3 is 2.90 bits per heavy atom. The minimum absolute atomic E-state index is 0.00565. The van der Waals surface area contributed by atoms with E-state index in [1.54, 1.807) is 0 Å². The lowest BCUT2D eigenvalue weighted by Gasteiger charge is -2.17. The van der Waals surface area contributed by atoms with Gasteiger partial charge < -0.3 is 4.57 Å². The van der Waals surface area contributed by atoms with Crippen LogP contribution in [0.4, 0.5) is 0 Å². The molecule has 0 aliphatic rings. The molecule has 0 amide bonds. The molecule has 2 aromatic rings. The molecule has 1 aromatic heterocycles. The molecule has 1 atom stereocenters. The van der Waals surface area contributed by atoms with Crippen LogP contribution in [0.25, 0.3) is 0 Å². The number of imidazole rings is 1. The maximum Gasteiger partial charge on any atom is 0.110 e. The molecule has 5 heteroatoms. The van der Waals surface area contributed by atoms with Gasteiger partial charge in [-0.05, 0) is 30.5 Å². The second kappa shape index (κ2) is 6.88. The van der Waals surface area contributed by atoms with Crippen molar-refractivity contribution >= 4 is 11.6 Å². The van der Waals surface area contributed by atoms with E-state index < -0.39 is 0 Å². The third-order valence-corrected chi connectivity index (χ3v) is 3.86. The van der Waals surface area contributed by atoms with Gasteiger partial charge in [-0.2, -0.15) is 0 Å². The average Bonchev–Trinajstić information content (AvgIpc) is 2.87. The maximum atomic E-state index is 6.19. The highest BCUT2D eigenvalue weighted by Crippen LogP contribution is 2.23. The van der Waals surface area contributed by atoms with Crippen molar-refractivity contribution in [2.24, 2.45) is 5.84 Å². The molecule has 2 rings (SSSR count). The smallest absolute Gasteiger partial charge is 0.110 e. The largest absolute Gasteiger partial charge is 0.335 e. The molecule has 1 aromatic carbocycles. The summed E-state index contributed by atoms with van der Waals surface area (Å²) >= 11 is 6.19. The van der Waals surface area contributed by atoms with E-state index in [4.69, 9.17) is 17.4 Å². The van der Waals surface area contributed by atoms with Gasteiger partial charge in [0.1, 0.15) is 5.82 Å². The van der Waals surface area contributed by atoms with Gasteiger partial charge in [0.25, 0.3) is 0 Å². The molecule has 1 unspecified atom stereocenters. The first-order valence-electron chi connectivity index (χ1n) is 6.88. The van der Waals surface area contributed by atoms with Crippen LogP contribution < -0.4 is 11.3 Å². The molecule has 20 heavy (non-hydrogen) atoms. The molecule has 0 saturated carbocycles. The van der Waals surface area contributed by atoms with Crippen LogP contribution >= 0.6 is 11.6 Å². The molecule has 3 N–H and O–H groups in total. The van der Waals surface area contributed by atoms with Gasteiger partial charge in [0.15, 0.2) is 0 Å². The third-order valence-electron chi connectivity index (χ3n) is 3.45. The molecule has 1 heterocycles. The topological polar surface area (TPSA) is 55.9 Å². The molecule has 0 radical (unpaired) electrons. The average molecular weight is 293 g/mol. The number of halogens is 1. The van der Waals surface area contributed by atoms with Crippen molar-refractivity contribution in [3.8, 4) is 0 Å². The van der Waals surface area contributed by atoms with Crippen molar-refractivity contribution in [3.63, 3.8) is 0 Å². The summed E-state index contributed by atoms with van der Waals surface area (Å²) in [5, 5.41) is 0.764. The van der Waals surface area contributed by atoms with E-state index in [-0.39, 0.29) is 6.04 Å². The van der Waals surface area contributed by atoms with Crippen molar-refractivity contribution in [2.75, 3.05) is 0 Å². The van der Waals surface area contributed by atoms with E-state index >= 15 is 0 Å². The normalized spacial score (nSPS) is 12.6. The molecule has 0 spiro atoms. The number of hydrogen-bond acceptors (Lipinski definition) is 3. The van der Waals surface area contributed by atoms with Crippen LogP contribution in [-0.2, 0) is 13.0 Å². The molecule has 0 bridgehead atoms. The Hall–Kier alpha value is -1.36. The third kappa shape index (κ3) is 3.39. The summed E-state index contributed by atoms with van der Waals surface area (Å²) in [6, 6.07) is 6.04. The van der Waals surface area contributed by atoms with Crippen LogP contribution in [0.2, 0.25) is 5.02 Å². The fraction of sp³-hybridized carbons (Fsp3) is 0.400. The van der Waals surface area contributed by atoms with Crippen LogP contribution in [0.1, 0.15) is 36.3 Å². The van der Waals surface area contributed by atoms with Crippen LogP contribution in [0.3, 0.4) is 0 Å². The van der Waals surface area contributed by atoms with E-state index in [0.29, 0.717) is 0 Å². The van der Waals surface area contributed by atoms with Crippen molar-refractivity contribution < 1.29 is 0 Å². The Bertz CT molecular complexity index is 565.